The van der Waals surface area contributed by atoms with Gasteiger partial charge in [-0.2, -0.15) is 0 Å². The molecule has 1 heterocycles. The fourth-order valence-corrected chi connectivity index (χ4v) is 3.25. The Bertz CT molecular complexity index is 356. The summed E-state index contributed by atoms with van der Waals surface area (Å²) in [4.78, 5) is 12.1. The van der Waals surface area contributed by atoms with E-state index in [-0.39, 0.29) is 22.8 Å². The van der Waals surface area contributed by atoms with E-state index >= 15 is 0 Å². The lowest BCUT2D eigenvalue weighted by Gasteiger charge is -2.26. The molecule has 0 spiro atoms. The minimum Gasteiger partial charge on any atom is -0.305 e. The molecule has 0 aromatic carbocycles. The highest BCUT2D eigenvalue weighted by Crippen LogP contribution is 2.25. The number of ketones is 1. The van der Waals surface area contributed by atoms with Crippen molar-refractivity contribution in [2.45, 2.75) is 51.5 Å². The number of rotatable bonds is 7. The zero-order valence-electron chi connectivity index (χ0n) is 10.8. The lowest BCUT2D eigenvalue weighted by atomic mass is 9.87. The summed E-state index contributed by atoms with van der Waals surface area (Å²) in [6.07, 6.45) is 3.56. The fourth-order valence-electron chi connectivity index (χ4n) is 2.38. The summed E-state index contributed by atoms with van der Waals surface area (Å²) in [5, 5.41) is 3.28. The maximum Gasteiger partial charge on any atom is 0.152 e. The number of Topliss-reactive ketones (excluding diaryl/α,β-unsaturated/α-hetero) is 1. The lowest BCUT2D eigenvalue weighted by molar-refractivity contribution is -0.125. The molecule has 0 aliphatic carbocycles. The second-order valence-electron chi connectivity index (χ2n) is 4.73. The standard InChI is InChI=1S/C12H23NO3S/c1-3-12(8-6-9-13-12)11(14)7-5-10-17(15,16)4-2/h13H,3-10H2,1-2H3. The molecular formula is C12H23NO3S. The van der Waals surface area contributed by atoms with E-state index in [1.165, 1.54) is 0 Å². The lowest BCUT2D eigenvalue weighted by Crippen LogP contribution is -2.47. The van der Waals surface area contributed by atoms with Gasteiger partial charge < -0.3 is 5.32 Å². The zero-order chi connectivity index (χ0) is 12.9. The van der Waals surface area contributed by atoms with Crippen LogP contribution in [0.4, 0.5) is 0 Å². The van der Waals surface area contributed by atoms with Gasteiger partial charge in [-0.05, 0) is 32.2 Å². The van der Waals surface area contributed by atoms with Crippen LogP contribution in [0.25, 0.3) is 0 Å². The molecule has 4 nitrogen and oxygen atoms in total. The third kappa shape index (κ3) is 3.78. The van der Waals surface area contributed by atoms with Gasteiger partial charge in [0.05, 0.1) is 11.3 Å². The molecule has 0 aromatic rings. The molecule has 1 fully saturated rings. The molecular weight excluding hydrogens is 238 g/mol. The summed E-state index contributed by atoms with van der Waals surface area (Å²) in [7, 11) is -2.94. The van der Waals surface area contributed by atoms with Gasteiger partial charge in [-0.1, -0.05) is 13.8 Å². The monoisotopic (exact) mass is 261 g/mol. The molecule has 17 heavy (non-hydrogen) atoms. The Balaban J connectivity index is 2.44. The minimum absolute atomic E-state index is 0.134. The Kier molecular flexibility index (Phi) is 5.13. The molecule has 1 rings (SSSR count). The van der Waals surface area contributed by atoms with Crippen molar-refractivity contribution in [1.29, 1.82) is 0 Å². The van der Waals surface area contributed by atoms with Gasteiger partial charge in [-0.3, -0.25) is 4.79 Å². The maximum absolute atomic E-state index is 12.1. The highest BCUT2D eigenvalue weighted by molar-refractivity contribution is 7.91. The van der Waals surface area contributed by atoms with Crippen LogP contribution in [0.2, 0.25) is 0 Å². The van der Waals surface area contributed by atoms with E-state index in [9.17, 15) is 13.2 Å². The van der Waals surface area contributed by atoms with Gasteiger partial charge in [0.2, 0.25) is 0 Å². The van der Waals surface area contributed by atoms with Crippen molar-refractivity contribution in [3.8, 4) is 0 Å². The van der Waals surface area contributed by atoms with Crippen LogP contribution in [0.5, 0.6) is 0 Å². The second-order valence-corrected chi connectivity index (χ2v) is 7.20. The number of nitrogens with one attached hydrogen (secondary N) is 1. The van der Waals surface area contributed by atoms with Gasteiger partial charge in [-0.15, -0.1) is 0 Å². The number of carbonyl (C=O) groups is 1. The highest BCUT2D eigenvalue weighted by Gasteiger charge is 2.38. The van der Waals surface area contributed by atoms with Gasteiger partial charge in [0.1, 0.15) is 9.84 Å². The van der Waals surface area contributed by atoms with Crippen LogP contribution in [0, 0.1) is 0 Å². The first-order valence-corrected chi connectivity index (χ1v) is 8.26. The van der Waals surface area contributed by atoms with E-state index < -0.39 is 9.84 Å². The first-order chi connectivity index (χ1) is 7.96. The Morgan fingerprint density at radius 2 is 2.06 bits per heavy atom. The Hall–Kier alpha value is -0.420. The molecule has 1 unspecified atom stereocenters. The van der Waals surface area contributed by atoms with E-state index in [1.807, 2.05) is 6.92 Å². The molecule has 1 aliphatic rings. The number of sulfone groups is 1. The van der Waals surface area contributed by atoms with Crippen molar-refractivity contribution in [3.63, 3.8) is 0 Å². The number of hydrogen-bond acceptors (Lipinski definition) is 4. The van der Waals surface area contributed by atoms with Crippen LogP contribution in [0.1, 0.15) is 46.0 Å². The van der Waals surface area contributed by atoms with Crippen molar-refractivity contribution in [2.24, 2.45) is 0 Å². The summed E-state index contributed by atoms with van der Waals surface area (Å²) < 4.78 is 22.6. The van der Waals surface area contributed by atoms with Crippen molar-refractivity contribution >= 4 is 15.6 Å². The summed E-state index contributed by atoms with van der Waals surface area (Å²) in [5.41, 5.74) is -0.365. The van der Waals surface area contributed by atoms with Gasteiger partial charge in [-0.25, -0.2) is 8.42 Å². The van der Waals surface area contributed by atoms with E-state index in [1.54, 1.807) is 6.92 Å². The molecule has 0 bridgehead atoms. The van der Waals surface area contributed by atoms with Crippen LogP contribution in [-0.4, -0.2) is 37.8 Å². The topological polar surface area (TPSA) is 63.2 Å². The molecule has 0 amide bonds. The largest absolute Gasteiger partial charge is 0.305 e. The summed E-state index contributed by atoms with van der Waals surface area (Å²) >= 11 is 0. The van der Waals surface area contributed by atoms with Crippen molar-refractivity contribution < 1.29 is 13.2 Å². The average Bonchev–Trinajstić information content (AvgIpc) is 2.78. The normalized spacial score (nSPS) is 25.1. The molecule has 0 radical (unpaired) electrons. The predicted molar refractivity (Wildman–Crippen MR) is 68.8 cm³/mol. The fraction of sp³-hybridized carbons (Fsp3) is 0.917. The second kappa shape index (κ2) is 5.96. The molecule has 1 aliphatic heterocycles. The summed E-state index contributed by atoms with van der Waals surface area (Å²) in [6, 6.07) is 0. The van der Waals surface area contributed by atoms with E-state index in [2.05, 4.69) is 5.32 Å². The Morgan fingerprint density at radius 3 is 2.53 bits per heavy atom. The average molecular weight is 261 g/mol. The SMILES string of the molecule is CCC1(C(=O)CCCS(=O)(=O)CC)CCCN1. The summed E-state index contributed by atoms with van der Waals surface area (Å²) in [6.45, 7) is 4.55. The molecule has 100 valence electrons. The van der Waals surface area contributed by atoms with E-state index in [0.29, 0.717) is 12.8 Å². The number of carbonyl (C=O) groups excluding carboxylic acids is 1. The first-order valence-electron chi connectivity index (χ1n) is 6.44. The zero-order valence-corrected chi connectivity index (χ0v) is 11.6. The predicted octanol–water partition coefficient (Wildman–Crippen LogP) is 1.30. The first kappa shape index (κ1) is 14.6. The van der Waals surface area contributed by atoms with Crippen molar-refractivity contribution in [2.75, 3.05) is 18.1 Å². The van der Waals surface area contributed by atoms with Crippen LogP contribution >= 0.6 is 0 Å². The van der Waals surface area contributed by atoms with Crippen LogP contribution in [0.15, 0.2) is 0 Å². The maximum atomic E-state index is 12.1. The molecule has 5 heteroatoms. The Labute approximate surface area is 104 Å². The third-order valence-electron chi connectivity index (χ3n) is 3.68. The van der Waals surface area contributed by atoms with Gasteiger partial charge >= 0.3 is 0 Å². The molecule has 1 N–H and O–H groups in total. The van der Waals surface area contributed by atoms with Crippen molar-refractivity contribution in [1.82, 2.24) is 5.32 Å². The molecule has 1 atom stereocenters. The molecule has 0 saturated carbocycles. The van der Waals surface area contributed by atoms with E-state index in [0.717, 1.165) is 25.8 Å². The van der Waals surface area contributed by atoms with Gasteiger partial charge in [0.15, 0.2) is 5.78 Å². The van der Waals surface area contributed by atoms with Gasteiger partial charge in [0, 0.05) is 12.2 Å². The number of hydrogen-bond donors (Lipinski definition) is 1. The highest BCUT2D eigenvalue weighted by atomic mass is 32.2. The minimum atomic E-state index is -2.94. The third-order valence-corrected chi connectivity index (χ3v) is 5.47. The van der Waals surface area contributed by atoms with Crippen LogP contribution < -0.4 is 5.32 Å². The quantitative estimate of drug-likeness (QED) is 0.750. The molecule has 0 aromatic heterocycles. The van der Waals surface area contributed by atoms with Crippen LogP contribution in [0.3, 0.4) is 0 Å². The Morgan fingerprint density at radius 1 is 1.35 bits per heavy atom. The molecule has 1 saturated heterocycles. The smallest absolute Gasteiger partial charge is 0.152 e. The summed E-state index contributed by atoms with van der Waals surface area (Å²) in [5.74, 6) is 0.483. The van der Waals surface area contributed by atoms with Crippen LogP contribution in [-0.2, 0) is 14.6 Å². The van der Waals surface area contributed by atoms with Gasteiger partial charge in [0.25, 0.3) is 0 Å². The van der Waals surface area contributed by atoms with E-state index in [4.69, 9.17) is 0 Å². The van der Waals surface area contributed by atoms with Crippen molar-refractivity contribution in [3.05, 3.63) is 0 Å².